The molecule has 22 heavy (non-hydrogen) atoms. The highest BCUT2D eigenvalue weighted by Gasteiger charge is 2.41. The SMILES string of the molecule is CC1OCCC1C(=O)NC(C)(C(=O)O)c1ccc(Cl)c(Cl)c1. The molecule has 7 heteroatoms. The standard InChI is InChI=1S/C15H17Cl2NO4/c1-8-10(5-6-22-8)13(19)18-15(2,14(20)21)9-3-4-11(16)12(17)7-9/h3-4,7-8,10H,5-6H2,1-2H3,(H,18,19)(H,20,21). The van der Waals surface area contributed by atoms with Crippen molar-refractivity contribution in [2.24, 2.45) is 5.92 Å². The second kappa shape index (κ2) is 6.44. The molecule has 0 saturated carbocycles. The fourth-order valence-electron chi connectivity index (χ4n) is 2.47. The van der Waals surface area contributed by atoms with E-state index < -0.39 is 11.5 Å². The van der Waals surface area contributed by atoms with Gasteiger partial charge in [0, 0.05) is 6.61 Å². The predicted octanol–water partition coefficient (Wildman–Crippen LogP) is 2.83. The molecule has 0 radical (unpaired) electrons. The van der Waals surface area contributed by atoms with Crippen LogP contribution in [0.3, 0.4) is 0 Å². The van der Waals surface area contributed by atoms with Crippen LogP contribution < -0.4 is 5.32 Å². The van der Waals surface area contributed by atoms with E-state index in [1.807, 2.05) is 0 Å². The van der Waals surface area contributed by atoms with Gasteiger partial charge in [0.25, 0.3) is 0 Å². The topological polar surface area (TPSA) is 75.6 Å². The fraction of sp³-hybridized carbons (Fsp3) is 0.467. The van der Waals surface area contributed by atoms with Gasteiger partial charge < -0.3 is 15.2 Å². The highest BCUT2D eigenvalue weighted by Crippen LogP contribution is 2.30. The Morgan fingerprint density at radius 3 is 2.55 bits per heavy atom. The molecule has 5 nitrogen and oxygen atoms in total. The van der Waals surface area contributed by atoms with Gasteiger partial charge in [0.2, 0.25) is 5.91 Å². The molecule has 2 N–H and O–H groups in total. The molecule has 1 aliphatic rings. The third-order valence-corrected chi connectivity index (χ3v) is 4.75. The number of nitrogens with one attached hydrogen (secondary N) is 1. The Morgan fingerprint density at radius 2 is 2.05 bits per heavy atom. The highest BCUT2D eigenvalue weighted by molar-refractivity contribution is 6.42. The molecule has 1 saturated heterocycles. The lowest BCUT2D eigenvalue weighted by Gasteiger charge is -2.29. The van der Waals surface area contributed by atoms with Gasteiger partial charge in [-0.2, -0.15) is 0 Å². The van der Waals surface area contributed by atoms with Crippen molar-refractivity contribution in [2.75, 3.05) is 6.61 Å². The molecule has 0 aliphatic carbocycles. The van der Waals surface area contributed by atoms with E-state index in [4.69, 9.17) is 27.9 Å². The van der Waals surface area contributed by atoms with Gasteiger partial charge in [0.15, 0.2) is 5.54 Å². The molecule has 0 bridgehead atoms. The summed E-state index contributed by atoms with van der Waals surface area (Å²) >= 11 is 11.8. The van der Waals surface area contributed by atoms with Gasteiger partial charge in [-0.3, -0.25) is 4.79 Å². The Kier molecular flexibility index (Phi) is 5.00. The molecule has 3 unspecified atom stereocenters. The molecule has 1 heterocycles. The van der Waals surface area contributed by atoms with Gasteiger partial charge in [-0.25, -0.2) is 4.79 Å². The molecule has 1 amide bonds. The number of benzene rings is 1. The van der Waals surface area contributed by atoms with Crippen LogP contribution in [0.15, 0.2) is 18.2 Å². The van der Waals surface area contributed by atoms with Gasteiger partial charge in [0.05, 0.1) is 22.1 Å². The van der Waals surface area contributed by atoms with Crippen molar-refractivity contribution >= 4 is 35.1 Å². The van der Waals surface area contributed by atoms with E-state index in [1.165, 1.54) is 25.1 Å². The summed E-state index contributed by atoms with van der Waals surface area (Å²) in [6.45, 7) is 3.72. The lowest BCUT2D eigenvalue weighted by molar-refractivity contribution is -0.148. The van der Waals surface area contributed by atoms with Crippen LogP contribution in [-0.4, -0.2) is 29.7 Å². The molecule has 1 aliphatic heterocycles. The van der Waals surface area contributed by atoms with Gasteiger partial charge in [-0.05, 0) is 38.0 Å². The molecule has 1 fully saturated rings. The van der Waals surface area contributed by atoms with Crippen LogP contribution in [0.4, 0.5) is 0 Å². The van der Waals surface area contributed by atoms with Crippen LogP contribution >= 0.6 is 23.2 Å². The summed E-state index contributed by atoms with van der Waals surface area (Å²) in [6.07, 6.45) is 0.344. The van der Waals surface area contributed by atoms with Gasteiger partial charge in [0.1, 0.15) is 0 Å². The molecule has 2 rings (SSSR count). The number of aliphatic carboxylic acids is 1. The third-order valence-electron chi connectivity index (χ3n) is 4.01. The second-order valence-corrected chi connectivity index (χ2v) is 6.33. The molecule has 0 spiro atoms. The van der Waals surface area contributed by atoms with Crippen LogP contribution in [-0.2, 0) is 19.9 Å². The van der Waals surface area contributed by atoms with Crippen LogP contribution in [0.25, 0.3) is 0 Å². The van der Waals surface area contributed by atoms with Crippen molar-refractivity contribution in [1.82, 2.24) is 5.32 Å². The number of ether oxygens (including phenoxy) is 1. The van der Waals surface area contributed by atoms with E-state index >= 15 is 0 Å². The van der Waals surface area contributed by atoms with Crippen LogP contribution in [0.5, 0.6) is 0 Å². The Bertz CT molecular complexity index is 607. The number of hydrogen-bond acceptors (Lipinski definition) is 3. The predicted molar refractivity (Wildman–Crippen MR) is 83.1 cm³/mol. The summed E-state index contributed by atoms with van der Waals surface area (Å²) in [5, 5.41) is 12.7. The van der Waals surface area contributed by atoms with Crippen molar-refractivity contribution in [2.45, 2.75) is 31.9 Å². The summed E-state index contributed by atoms with van der Waals surface area (Å²) in [5.74, 6) is -1.88. The summed E-state index contributed by atoms with van der Waals surface area (Å²) in [6, 6.07) is 4.50. The highest BCUT2D eigenvalue weighted by atomic mass is 35.5. The zero-order chi connectivity index (χ0) is 16.5. The number of carbonyl (C=O) groups excluding carboxylic acids is 1. The quantitative estimate of drug-likeness (QED) is 0.879. The maximum Gasteiger partial charge on any atom is 0.333 e. The van der Waals surface area contributed by atoms with E-state index in [0.717, 1.165) is 0 Å². The number of halogens is 2. The Morgan fingerprint density at radius 1 is 1.36 bits per heavy atom. The minimum Gasteiger partial charge on any atom is -0.479 e. The van der Waals surface area contributed by atoms with Crippen molar-refractivity contribution in [1.29, 1.82) is 0 Å². The maximum absolute atomic E-state index is 12.4. The molecule has 0 aromatic heterocycles. The van der Waals surface area contributed by atoms with E-state index in [2.05, 4.69) is 5.32 Å². The van der Waals surface area contributed by atoms with Crippen molar-refractivity contribution in [3.05, 3.63) is 33.8 Å². The number of rotatable bonds is 4. The monoisotopic (exact) mass is 345 g/mol. The number of carboxylic acid groups (broad SMARTS) is 1. The second-order valence-electron chi connectivity index (χ2n) is 5.52. The van der Waals surface area contributed by atoms with Gasteiger partial charge in [-0.15, -0.1) is 0 Å². The third kappa shape index (κ3) is 3.21. The normalized spacial score (nSPS) is 23.8. The summed E-state index contributed by atoms with van der Waals surface area (Å²) in [7, 11) is 0. The lowest BCUT2D eigenvalue weighted by Crippen LogP contribution is -2.52. The zero-order valence-electron chi connectivity index (χ0n) is 12.2. The number of amides is 1. The average Bonchev–Trinajstić information content (AvgIpc) is 2.87. The number of hydrogen-bond donors (Lipinski definition) is 2. The molecule has 1 aromatic carbocycles. The average molecular weight is 346 g/mol. The molecule has 120 valence electrons. The van der Waals surface area contributed by atoms with E-state index in [0.29, 0.717) is 23.6 Å². The smallest absolute Gasteiger partial charge is 0.333 e. The Labute approximate surface area is 138 Å². The minimum atomic E-state index is -1.59. The largest absolute Gasteiger partial charge is 0.479 e. The molecule has 1 aromatic rings. The number of carbonyl (C=O) groups is 2. The Balaban J connectivity index is 2.30. The molecular formula is C15H17Cl2NO4. The maximum atomic E-state index is 12.4. The minimum absolute atomic E-state index is 0.230. The molecular weight excluding hydrogens is 329 g/mol. The van der Waals surface area contributed by atoms with Gasteiger partial charge >= 0.3 is 5.97 Å². The van der Waals surface area contributed by atoms with Crippen molar-refractivity contribution < 1.29 is 19.4 Å². The summed E-state index contributed by atoms with van der Waals surface area (Å²) in [5.41, 5.74) is -1.23. The van der Waals surface area contributed by atoms with Crippen molar-refractivity contribution in [3.63, 3.8) is 0 Å². The first kappa shape index (κ1) is 17.1. The van der Waals surface area contributed by atoms with Crippen LogP contribution in [0.1, 0.15) is 25.8 Å². The van der Waals surface area contributed by atoms with E-state index in [-0.39, 0.29) is 23.0 Å². The number of carboxylic acids is 1. The van der Waals surface area contributed by atoms with Crippen LogP contribution in [0.2, 0.25) is 10.0 Å². The summed E-state index contributed by atoms with van der Waals surface area (Å²) in [4.78, 5) is 24.1. The van der Waals surface area contributed by atoms with E-state index in [1.54, 1.807) is 6.92 Å². The van der Waals surface area contributed by atoms with Crippen LogP contribution in [0, 0.1) is 5.92 Å². The fourth-order valence-corrected chi connectivity index (χ4v) is 2.77. The van der Waals surface area contributed by atoms with E-state index in [9.17, 15) is 14.7 Å². The first-order valence-corrected chi connectivity index (χ1v) is 7.64. The first-order chi connectivity index (χ1) is 10.3. The van der Waals surface area contributed by atoms with Crippen molar-refractivity contribution in [3.8, 4) is 0 Å². The Hall–Kier alpha value is -1.30. The summed E-state index contributed by atoms with van der Waals surface area (Å²) < 4.78 is 5.36. The molecule has 3 atom stereocenters. The van der Waals surface area contributed by atoms with Gasteiger partial charge in [-0.1, -0.05) is 29.3 Å². The lowest BCUT2D eigenvalue weighted by atomic mass is 9.90. The zero-order valence-corrected chi connectivity index (χ0v) is 13.7. The first-order valence-electron chi connectivity index (χ1n) is 6.88.